The van der Waals surface area contributed by atoms with Gasteiger partial charge in [0.1, 0.15) is 5.56 Å². The minimum absolute atomic E-state index is 0.0659. The predicted octanol–water partition coefficient (Wildman–Crippen LogP) is 2.29. The maximum atomic E-state index is 12.2. The van der Waals surface area contributed by atoms with Gasteiger partial charge in [0, 0.05) is 24.3 Å². The molecular weight excluding hydrogens is 298 g/mol. The summed E-state index contributed by atoms with van der Waals surface area (Å²) in [7, 11) is 0. The molecule has 0 spiro atoms. The van der Waals surface area contributed by atoms with Crippen LogP contribution >= 0.6 is 11.3 Å². The van der Waals surface area contributed by atoms with Gasteiger partial charge in [-0.1, -0.05) is 37.3 Å². The number of rotatable bonds is 4. The van der Waals surface area contributed by atoms with E-state index in [4.69, 9.17) is 0 Å². The smallest absolute Gasteiger partial charge is 0.271 e. The van der Waals surface area contributed by atoms with Gasteiger partial charge in [0.15, 0.2) is 4.96 Å². The van der Waals surface area contributed by atoms with E-state index < -0.39 is 0 Å². The van der Waals surface area contributed by atoms with E-state index in [9.17, 15) is 9.59 Å². The highest BCUT2D eigenvalue weighted by Crippen LogP contribution is 2.13. The van der Waals surface area contributed by atoms with E-state index in [0.717, 1.165) is 5.56 Å². The molecule has 2 aromatic heterocycles. The molecule has 0 unspecified atom stereocenters. The van der Waals surface area contributed by atoms with E-state index in [0.29, 0.717) is 11.5 Å². The molecule has 0 saturated carbocycles. The molecule has 22 heavy (non-hydrogen) atoms. The largest absolute Gasteiger partial charge is 0.351 e. The number of thiazole rings is 1. The number of nitrogens with zero attached hydrogens (tertiary/aromatic N) is 2. The lowest BCUT2D eigenvalue weighted by Gasteiger charge is -2.12. The summed E-state index contributed by atoms with van der Waals surface area (Å²) in [6, 6.07) is 9.93. The minimum Gasteiger partial charge on any atom is -0.351 e. The van der Waals surface area contributed by atoms with E-state index in [-0.39, 0.29) is 22.9 Å². The van der Waals surface area contributed by atoms with Gasteiger partial charge in [0.05, 0.1) is 0 Å². The second-order valence-electron chi connectivity index (χ2n) is 5.05. The monoisotopic (exact) mass is 313 g/mol. The van der Waals surface area contributed by atoms with Gasteiger partial charge in [-0.15, -0.1) is 11.3 Å². The van der Waals surface area contributed by atoms with Crippen LogP contribution in [0.3, 0.4) is 0 Å². The lowest BCUT2D eigenvalue weighted by Crippen LogP contribution is -2.33. The van der Waals surface area contributed by atoms with Crippen LogP contribution in [0, 0.1) is 0 Å². The summed E-state index contributed by atoms with van der Waals surface area (Å²) in [6.07, 6.45) is 2.97. The Morgan fingerprint density at radius 3 is 2.91 bits per heavy atom. The Morgan fingerprint density at radius 2 is 2.14 bits per heavy atom. The molecule has 0 aliphatic heterocycles. The van der Waals surface area contributed by atoms with E-state index in [2.05, 4.69) is 10.3 Å². The summed E-state index contributed by atoms with van der Waals surface area (Å²) in [5, 5.41) is 4.57. The molecule has 0 fully saturated rings. The van der Waals surface area contributed by atoms with Crippen LogP contribution in [0.15, 0.2) is 52.9 Å². The van der Waals surface area contributed by atoms with Crippen LogP contribution in [-0.4, -0.2) is 21.8 Å². The fourth-order valence-electron chi connectivity index (χ4n) is 2.22. The molecule has 0 radical (unpaired) electrons. The highest BCUT2D eigenvalue weighted by Gasteiger charge is 2.14. The van der Waals surface area contributed by atoms with Crippen LogP contribution in [0.4, 0.5) is 0 Å². The van der Waals surface area contributed by atoms with Crippen LogP contribution < -0.4 is 10.9 Å². The second kappa shape index (κ2) is 6.11. The van der Waals surface area contributed by atoms with Crippen molar-refractivity contribution in [3.05, 3.63) is 69.6 Å². The van der Waals surface area contributed by atoms with E-state index in [1.807, 2.05) is 37.3 Å². The van der Waals surface area contributed by atoms with Crippen molar-refractivity contribution >= 4 is 22.2 Å². The van der Waals surface area contributed by atoms with Crippen molar-refractivity contribution in [3.8, 4) is 0 Å². The molecule has 2 heterocycles. The average Bonchev–Trinajstić information content (AvgIpc) is 3.03. The minimum atomic E-state index is -0.388. The number of carbonyl (C=O) groups is 1. The Hall–Kier alpha value is -2.47. The Bertz CT molecular complexity index is 854. The van der Waals surface area contributed by atoms with Crippen LogP contribution in [0.5, 0.6) is 0 Å². The number of nitrogens with one attached hydrogen (secondary N) is 1. The predicted molar refractivity (Wildman–Crippen MR) is 86.5 cm³/mol. The molecule has 0 bridgehead atoms. The molecule has 3 rings (SSSR count). The van der Waals surface area contributed by atoms with Crippen molar-refractivity contribution in [2.75, 3.05) is 6.54 Å². The van der Waals surface area contributed by atoms with Crippen molar-refractivity contribution in [2.24, 2.45) is 0 Å². The molecule has 5 nitrogen and oxygen atoms in total. The van der Waals surface area contributed by atoms with Crippen molar-refractivity contribution < 1.29 is 4.79 Å². The molecule has 1 N–H and O–H groups in total. The lowest BCUT2D eigenvalue weighted by molar-refractivity contribution is 0.0949. The fraction of sp³-hybridized carbons (Fsp3) is 0.188. The third-order valence-electron chi connectivity index (χ3n) is 3.52. The van der Waals surface area contributed by atoms with Gasteiger partial charge in [-0.05, 0) is 11.5 Å². The Kier molecular flexibility index (Phi) is 4.02. The van der Waals surface area contributed by atoms with Crippen LogP contribution in [0.25, 0.3) is 4.96 Å². The first kappa shape index (κ1) is 14.5. The summed E-state index contributed by atoms with van der Waals surface area (Å²) in [5.41, 5.74) is 0.873. The summed E-state index contributed by atoms with van der Waals surface area (Å²) in [4.78, 5) is 29.1. The van der Waals surface area contributed by atoms with Crippen LogP contribution in [0.2, 0.25) is 0 Å². The number of amides is 1. The number of fused-ring (bicyclic) bond motifs is 1. The zero-order valence-corrected chi connectivity index (χ0v) is 12.8. The quantitative estimate of drug-likeness (QED) is 0.804. The Labute approximate surface area is 131 Å². The average molecular weight is 313 g/mol. The first-order chi connectivity index (χ1) is 10.7. The number of benzene rings is 1. The maximum absolute atomic E-state index is 12.2. The van der Waals surface area contributed by atoms with E-state index in [1.54, 1.807) is 11.6 Å². The van der Waals surface area contributed by atoms with Gasteiger partial charge in [-0.2, -0.15) is 0 Å². The highest BCUT2D eigenvalue weighted by atomic mass is 32.1. The summed E-state index contributed by atoms with van der Waals surface area (Å²) in [5.74, 6) is -0.216. The first-order valence-electron chi connectivity index (χ1n) is 6.95. The number of carbonyl (C=O) groups excluding carboxylic acids is 1. The van der Waals surface area contributed by atoms with Crippen molar-refractivity contribution in [3.63, 3.8) is 0 Å². The first-order valence-corrected chi connectivity index (χ1v) is 7.83. The molecule has 0 aliphatic carbocycles. The van der Waals surface area contributed by atoms with Gasteiger partial charge in [-0.25, -0.2) is 4.98 Å². The SMILES string of the molecule is C[C@H](CNC(=O)c1cnc2sccn2c1=O)c1ccccc1. The van der Waals surface area contributed by atoms with Crippen LogP contribution in [0.1, 0.15) is 28.8 Å². The summed E-state index contributed by atoms with van der Waals surface area (Å²) >= 11 is 1.36. The van der Waals surface area contributed by atoms with Crippen molar-refractivity contribution in [1.29, 1.82) is 0 Å². The zero-order chi connectivity index (χ0) is 15.5. The molecule has 0 saturated heterocycles. The second-order valence-corrected chi connectivity index (χ2v) is 5.93. The van der Waals surface area contributed by atoms with Gasteiger partial charge < -0.3 is 5.32 Å². The maximum Gasteiger partial charge on any atom is 0.271 e. The summed E-state index contributed by atoms with van der Waals surface area (Å²) in [6.45, 7) is 2.50. The number of aromatic nitrogens is 2. The molecule has 112 valence electrons. The van der Waals surface area contributed by atoms with Gasteiger partial charge in [0.2, 0.25) is 0 Å². The highest BCUT2D eigenvalue weighted by molar-refractivity contribution is 7.15. The molecule has 1 aromatic carbocycles. The zero-order valence-electron chi connectivity index (χ0n) is 12.0. The number of hydrogen-bond donors (Lipinski definition) is 1. The van der Waals surface area contributed by atoms with Gasteiger partial charge >= 0.3 is 0 Å². The fourth-order valence-corrected chi connectivity index (χ4v) is 2.90. The lowest BCUT2D eigenvalue weighted by atomic mass is 10.0. The van der Waals surface area contributed by atoms with Crippen molar-refractivity contribution in [1.82, 2.24) is 14.7 Å². The third-order valence-corrected chi connectivity index (χ3v) is 4.30. The number of hydrogen-bond acceptors (Lipinski definition) is 4. The van der Waals surface area contributed by atoms with E-state index in [1.165, 1.54) is 21.9 Å². The van der Waals surface area contributed by atoms with Crippen molar-refractivity contribution in [2.45, 2.75) is 12.8 Å². The normalized spacial score (nSPS) is 12.2. The molecule has 3 aromatic rings. The Balaban J connectivity index is 1.74. The topological polar surface area (TPSA) is 63.5 Å². The third kappa shape index (κ3) is 2.78. The van der Waals surface area contributed by atoms with E-state index >= 15 is 0 Å². The Morgan fingerprint density at radius 1 is 1.36 bits per heavy atom. The standard InChI is InChI=1S/C16H15N3O2S/c1-11(12-5-3-2-4-6-12)9-17-14(20)13-10-18-16-19(15(13)21)7-8-22-16/h2-8,10-11H,9H2,1H3,(H,17,20)/t11-/m1/s1. The van der Waals surface area contributed by atoms with Crippen LogP contribution in [-0.2, 0) is 0 Å². The van der Waals surface area contributed by atoms with Gasteiger partial charge in [0.25, 0.3) is 11.5 Å². The summed E-state index contributed by atoms with van der Waals surface area (Å²) < 4.78 is 1.39. The van der Waals surface area contributed by atoms with Gasteiger partial charge in [-0.3, -0.25) is 14.0 Å². The molecule has 6 heteroatoms. The molecule has 0 aliphatic rings. The molecule has 1 atom stereocenters. The molecular formula is C16H15N3O2S. The molecule has 1 amide bonds.